The van der Waals surface area contributed by atoms with Gasteiger partial charge >= 0.3 is 0 Å². The number of amides is 1. The van der Waals surface area contributed by atoms with Crippen LogP contribution >= 0.6 is 23.2 Å². The largest absolute Gasteiger partial charge is 0.350 e. The van der Waals surface area contributed by atoms with Crippen LogP contribution in [0.1, 0.15) is 30.1 Å². The number of rotatable bonds is 5. The Hall–Kier alpha value is -0.800. The van der Waals surface area contributed by atoms with Gasteiger partial charge in [-0.05, 0) is 38.0 Å². The second-order valence-corrected chi connectivity index (χ2v) is 4.62. The van der Waals surface area contributed by atoms with Crippen LogP contribution in [0.5, 0.6) is 0 Å². The summed E-state index contributed by atoms with van der Waals surface area (Å²) in [5, 5.41) is 2.78. The van der Waals surface area contributed by atoms with Gasteiger partial charge in [-0.1, -0.05) is 11.6 Å². The predicted octanol–water partition coefficient (Wildman–Crippen LogP) is 3.62. The van der Waals surface area contributed by atoms with Crippen molar-refractivity contribution in [3.63, 3.8) is 0 Å². The lowest BCUT2D eigenvalue weighted by Crippen LogP contribution is -2.32. The molecular formula is C12H14Cl2FNO. The molecule has 0 aromatic heterocycles. The van der Waals surface area contributed by atoms with E-state index in [9.17, 15) is 9.18 Å². The molecular weight excluding hydrogens is 264 g/mol. The van der Waals surface area contributed by atoms with Crippen LogP contribution in [0.15, 0.2) is 18.2 Å². The summed E-state index contributed by atoms with van der Waals surface area (Å²) in [7, 11) is 0. The number of nitrogens with one attached hydrogen (secondary N) is 1. The molecule has 0 fully saturated rings. The quantitative estimate of drug-likeness (QED) is 0.819. The lowest BCUT2D eigenvalue weighted by molar-refractivity contribution is 0.0938. The number of halogens is 3. The third-order valence-corrected chi connectivity index (χ3v) is 2.90. The lowest BCUT2D eigenvalue weighted by atomic mass is 10.1. The SMILES string of the molecule is CC(CCCCl)NC(=O)c1ccc(Cl)c(F)c1. The van der Waals surface area contributed by atoms with E-state index in [1.54, 1.807) is 0 Å². The molecule has 0 heterocycles. The van der Waals surface area contributed by atoms with Crippen molar-refractivity contribution in [3.05, 3.63) is 34.6 Å². The molecule has 1 N–H and O–H groups in total. The van der Waals surface area contributed by atoms with Crippen molar-refractivity contribution in [2.45, 2.75) is 25.8 Å². The van der Waals surface area contributed by atoms with E-state index < -0.39 is 5.82 Å². The Morgan fingerprint density at radius 2 is 2.24 bits per heavy atom. The van der Waals surface area contributed by atoms with Crippen LogP contribution in [0.2, 0.25) is 5.02 Å². The first-order chi connectivity index (χ1) is 8.04. The molecule has 0 aliphatic carbocycles. The van der Waals surface area contributed by atoms with Gasteiger partial charge in [-0.3, -0.25) is 4.79 Å². The maximum Gasteiger partial charge on any atom is 0.251 e. The summed E-state index contributed by atoms with van der Waals surface area (Å²) in [6, 6.07) is 4.01. The molecule has 5 heteroatoms. The highest BCUT2D eigenvalue weighted by Gasteiger charge is 2.11. The van der Waals surface area contributed by atoms with Crippen LogP contribution in [0.25, 0.3) is 0 Å². The normalized spacial score (nSPS) is 12.2. The fraction of sp³-hybridized carbons (Fsp3) is 0.417. The molecule has 1 aromatic carbocycles. The minimum absolute atomic E-state index is 0.0109. The van der Waals surface area contributed by atoms with Crippen molar-refractivity contribution in [3.8, 4) is 0 Å². The Balaban J connectivity index is 2.60. The van der Waals surface area contributed by atoms with Gasteiger partial charge in [-0.15, -0.1) is 11.6 Å². The molecule has 0 aliphatic rings. The van der Waals surface area contributed by atoms with Crippen LogP contribution in [0.3, 0.4) is 0 Å². The molecule has 1 unspecified atom stereocenters. The number of hydrogen-bond acceptors (Lipinski definition) is 1. The molecule has 0 aliphatic heterocycles. The van der Waals surface area contributed by atoms with Crippen LogP contribution in [0.4, 0.5) is 4.39 Å². The highest BCUT2D eigenvalue weighted by molar-refractivity contribution is 6.30. The Kier molecular flexibility index (Phi) is 5.72. The van der Waals surface area contributed by atoms with E-state index >= 15 is 0 Å². The van der Waals surface area contributed by atoms with Gasteiger partial charge in [0.15, 0.2) is 0 Å². The molecule has 17 heavy (non-hydrogen) atoms. The smallest absolute Gasteiger partial charge is 0.251 e. The number of carbonyl (C=O) groups is 1. The first-order valence-corrected chi connectivity index (χ1v) is 6.27. The van der Waals surface area contributed by atoms with Gasteiger partial charge in [0.05, 0.1) is 5.02 Å². The van der Waals surface area contributed by atoms with E-state index in [4.69, 9.17) is 23.2 Å². The Morgan fingerprint density at radius 1 is 1.53 bits per heavy atom. The average molecular weight is 278 g/mol. The van der Waals surface area contributed by atoms with Crippen LogP contribution in [-0.2, 0) is 0 Å². The first-order valence-electron chi connectivity index (χ1n) is 5.36. The molecule has 1 aromatic rings. The summed E-state index contributed by atoms with van der Waals surface area (Å²) in [4.78, 5) is 11.7. The van der Waals surface area contributed by atoms with E-state index in [0.717, 1.165) is 18.9 Å². The maximum absolute atomic E-state index is 13.2. The fourth-order valence-electron chi connectivity index (χ4n) is 1.40. The highest BCUT2D eigenvalue weighted by Crippen LogP contribution is 2.15. The van der Waals surface area contributed by atoms with Crippen molar-refractivity contribution in [2.24, 2.45) is 0 Å². The van der Waals surface area contributed by atoms with Crippen molar-refractivity contribution in [1.29, 1.82) is 0 Å². The standard InChI is InChI=1S/C12H14Cl2FNO/c1-8(3-2-6-13)16-12(17)9-4-5-10(14)11(15)7-9/h4-5,7-8H,2-3,6H2,1H3,(H,16,17). The zero-order chi connectivity index (χ0) is 12.8. The molecule has 94 valence electrons. The van der Waals surface area contributed by atoms with E-state index in [0.29, 0.717) is 5.88 Å². The highest BCUT2D eigenvalue weighted by atomic mass is 35.5. The molecule has 0 radical (unpaired) electrons. The zero-order valence-electron chi connectivity index (χ0n) is 9.47. The van der Waals surface area contributed by atoms with Gasteiger partial charge in [0.25, 0.3) is 5.91 Å². The van der Waals surface area contributed by atoms with Crippen molar-refractivity contribution in [1.82, 2.24) is 5.32 Å². The fourth-order valence-corrected chi connectivity index (χ4v) is 1.67. The summed E-state index contributed by atoms with van der Waals surface area (Å²) in [5.41, 5.74) is 0.268. The van der Waals surface area contributed by atoms with E-state index in [-0.39, 0.29) is 22.5 Å². The Morgan fingerprint density at radius 3 is 2.82 bits per heavy atom. The second-order valence-electron chi connectivity index (χ2n) is 3.83. The van der Waals surface area contributed by atoms with Crippen LogP contribution < -0.4 is 5.32 Å². The maximum atomic E-state index is 13.2. The minimum atomic E-state index is -0.590. The zero-order valence-corrected chi connectivity index (χ0v) is 11.0. The molecule has 0 saturated carbocycles. The van der Waals surface area contributed by atoms with E-state index in [2.05, 4.69) is 5.32 Å². The molecule has 1 atom stereocenters. The summed E-state index contributed by atoms with van der Waals surface area (Å²) in [5.74, 6) is -0.328. The van der Waals surface area contributed by atoms with E-state index in [1.807, 2.05) is 6.92 Å². The van der Waals surface area contributed by atoms with Crippen molar-refractivity contribution in [2.75, 3.05) is 5.88 Å². The summed E-state index contributed by atoms with van der Waals surface area (Å²) in [6.07, 6.45) is 1.63. The molecule has 0 bridgehead atoms. The van der Waals surface area contributed by atoms with E-state index in [1.165, 1.54) is 12.1 Å². The van der Waals surface area contributed by atoms with Crippen LogP contribution in [-0.4, -0.2) is 17.8 Å². The number of benzene rings is 1. The number of hydrogen-bond donors (Lipinski definition) is 1. The van der Waals surface area contributed by atoms with Gasteiger partial charge in [0.2, 0.25) is 0 Å². The number of alkyl halides is 1. The molecule has 1 rings (SSSR count). The first kappa shape index (κ1) is 14.3. The summed E-state index contributed by atoms with van der Waals surface area (Å²) < 4.78 is 13.2. The Labute approximate surface area is 110 Å². The van der Waals surface area contributed by atoms with Gasteiger partial charge in [-0.25, -0.2) is 4.39 Å². The lowest BCUT2D eigenvalue weighted by Gasteiger charge is -2.13. The van der Waals surface area contributed by atoms with Gasteiger partial charge < -0.3 is 5.32 Å². The Bertz CT molecular complexity index is 398. The monoisotopic (exact) mass is 277 g/mol. The minimum Gasteiger partial charge on any atom is -0.350 e. The van der Waals surface area contributed by atoms with Gasteiger partial charge in [0.1, 0.15) is 5.82 Å². The van der Waals surface area contributed by atoms with Crippen molar-refractivity contribution < 1.29 is 9.18 Å². The van der Waals surface area contributed by atoms with Crippen LogP contribution in [0, 0.1) is 5.82 Å². The summed E-state index contributed by atoms with van der Waals surface area (Å²) in [6.45, 7) is 1.89. The van der Waals surface area contributed by atoms with Gasteiger partial charge in [0, 0.05) is 17.5 Å². The summed E-state index contributed by atoms with van der Waals surface area (Å²) >= 11 is 11.1. The molecule has 0 spiro atoms. The predicted molar refractivity (Wildman–Crippen MR) is 68.3 cm³/mol. The molecule has 1 amide bonds. The second kappa shape index (κ2) is 6.82. The third kappa shape index (κ3) is 4.52. The van der Waals surface area contributed by atoms with Crippen molar-refractivity contribution >= 4 is 29.1 Å². The molecule has 0 saturated heterocycles. The average Bonchev–Trinajstić information content (AvgIpc) is 2.30. The number of carbonyl (C=O) groups excluding carboxylic acids is 1. The van der Waals surface area contributed by atoms with Gasteiger partial charge in [-0.2, -0.15) is 0 Å². The molecule has 2 nitrogen and oxygen atoms in total. The topological polar surface area (TPSA) is 29.1 Å². The third-order valence-electron chi connectivity index (χ3n) is 2.33.